The first-order valence-corrected chi connectivity index (χ1v) is 8.56. The number of hydrogen-bond donors (Lipinski definition) is 2. The van der Waals surface area contributed by atoms with E-state index in [0.29, 0.717) is 0 Å². The number of carbonyl (C=O) groups is 1. The highest BCUT2D eigenvalue weighted by Gasteiger charge is 2.19. The molecule has 2 rings (SSSR count). The Morgan fingerprint density at radius 2 is 1.83 bits per heavy atom. The average molecular weight is 359 g/mol. The maximum atomic E-state index is 12.5. The van der Waals surface area contributed by atoms with Gasteiger partial charge in [-0.2, -0.15) is 8.78 Å². The van der Waals surface area contributed by atoms with Crippen LogP contribution < -0.4 is 4.72 Å². The van der Waals surface area contributed by atoms with Crippen molar-refractivity contribution in [2.75, 3.05) is 4.72 Å². The number of carboxylic acids is 1. The van der Waals surface area contributed by atoms with E-state index in [4.69, 9.17) is 5.11 Å². The number of carboxylic acid groups (broad SMARTS) is 1. The molecule has 0 aliphatic heterocycles. The van der Waals surface area contributed by atoms with E-state index >= 15 is 0 Å². The molecule has 0 amide bonds. The van der Waals surface area contributed by atoms with E-state index in [1.165, 1.54) is 42.5 Å². The van der Waals surface area contributed by atoms with Crippen molar-refractivity contribution in [1.29, 1.82) is 0 Å². The molecule has 23 heavy (non-hydrogen) atoms. The number of halogens is 2. The van der Waals surface area contributed by atoms with Gasteiger partial charge in [0.25, 0.3) is 15.8 Å². The standard InChI is InChI=1S/C14H11F2NO4S2/c15-14(16)22-12-7-2-1-6-11(12)17-23(20,21)10-5-3-4-9(8-10)13(18)19/h1-8,14,17H,(H,18,19). The van der Waals surface area contributed by atoms with Gasteiger partial charge >= 0.3 is 5.97 Å². The molecule has 0 spiro atoms. The van der Waals surface area contributed by atoms with Crippen LogP contribution in [-0.4, -0.2) is 25.3 Å². The van der Waals surface area contributed by atoms with Crippen LogP contribution in [-0.2, 0) is 10.0 Å². The Morgan fingerprint density at radius 1 is 1.13 bits per heavy atom. The normalized spacial score (nSPS) is 11.4. The van der Waals surface area contributed by atoms with Crippen LogP contribution in [0.25, 0.3) is 0 Å². The molecule has 0 atom stereocenters. The molecular formula is C14H11F2NO4S2. The van der Waals surface area contributed by atoms with Crippen molar-refractivity contribution < 1.29 is 27.1 Å². The highest BCUT2D eigenvalue weighted by molar-refractivity contribution is 7.99. The zero-order valence-corrected chi connectivity index (χ0v) is 13.1. The Balaban J connectivity index is 2.36. The van der Waals surface area contributed by atoms with Gasteiger partial charge in [0.05, 0.1) is 16.1 Å². The number of anilines is 1. The Labute approximate surface area is 135 Å². The van der Waals surface area contributed by atoms with E-state index in [2.05, 4.69) is 4.72 Å². The molecule has 2 aromatic carbocycles. The first-order valence-electron chi connectivity index (χ1n) is 6.19. The molecule has 0 heterocycles. The van der Waals surface area contributed by atoms with Gasteiger partial charge in [0.1, 0.15) is 0 Å². The van der Waals surface area contributed by atoms with Gasteiger partial charge in [-0.1, -0.05) is 30.0 Å². The maximum Gasteiger partial charge on any atom is 0.335 e. The van der Waals surface area contributed by atoms with Gasteiger partial charge in [0.2, 0.25) is 0 Å². The van der Waals surface area contributed by atoms with Crippen molar-refractivity contribution in [2.45, 2.75) is 15.5 Å². The molecule has 0 fully saturated rings. The first kappa shape index (κ1) is 17.2. The van der Waals surface area contributed by atoms with E-state index in [-0.39, 0.29) is 32.8 Å². The smallest absolute Gasteiger partial charge is 0.335 e. The van der Waals surface area contributed by atoms with Crippen LogP contribution in [0.5, 0.6) is 0 Å². The molecule has 0 saturated carbocycles. The van der Waals surface area contributed by atoms with E-state index in [1.54, 1.807) is 0 Å². The molecule has 0 bridgehead atoms. The molecule has 0 aromatic heterocycles. The average Bonchev–Trinajstić information content (AvgIpc) is 2.48. The minimum atomic E-state index is -4.10. The van der Waals surface area contributed by atoms with Crippen LogP contribution >= 0.6 is 11.8 Å². The lowest BCUT2D eigenvalue weighted by atomic mass is 10.2. The summed E-state index contributed by atoms with van der Waals surface area (Å²) in [6.45, 7) is 0. The van der Waals surface area contributed by atoms with Crippen molar-refractivity contribution in [3.05, 3.63) is 54.1 Å². The van der Waals surface area contributed by atoms with Gasteiger partial charge in [0, 0.05) is 4.90 Å². The van der Waals surface area contributed by atoms with E-state index in [0.717, 1.165) is 6.07 Å². The van der Waals surface area contributed by atoms with Gasteiger partial charge in [0.15, 0.2) is 0 Å². The zero-order chi connectivity index (χ0) is 17.0. The lowest BCUT2D eigenvalue weighted by Gasteiger charge is -2.12. The van der Waals surface area contributed by atoms with E-state index in [1.807, 2.05) is 0 Å². The molecule has 0 aliphatic rings. The Hall–Kier alpha value is -2.13. The summed E-state index contributed by atoms with van der Waals surface area (Å²) < 4.78 is 51.9. The summed E-state index contributed by atoms with van der Waals surface area (Å²) in [7, 11) is -4.10. The number of para-hydroxylation sites is 1. The fraction of sp³-hybridized carbons (Fsp3) is 0.0714. The largest absolute Gasteiger partial charge is 0.478 e. The van der Waals surface area contributed by atoms with Crippen LogP contribution in [0.2, 0.25) is 0 Å². The number of thioether (sulfide) groups is 1. The van der Waals surface area contributed by atoms with Crippen molar-refractivity contribution in [2.24, 2.45) is 0 Å². The molecule has 2 N–H and O–H groups in total. The SMILES string of the molecule is O=C(O)c1cccc(S(=O)(=O)Nc2ccccc2SC(F)F)c1. The summed E-state index contributed by atoms with van der Waals surface area (Å²) in [5, 5.41) is 8.91. The zero-order valence-electron chi connectivity index (χ0n) is 11.4. The second-order valence-electron chi connectivity index (χ2n) is 4.31. The van der Waals surface area contributed by atoms with Crippen molar-refractivity contribution in [3.63, 3.8) is 0 Å². The molecule has 0 aliphatic carbocycles. The quantitative estimate of drug-likeness (QED) is 0.771. The molecule has 0 saturated heterocycles. The minimum Gasteiger partial charge on any atom is -0.478 e. The van der Waals surface area contributed by atoms with Gasteiger partial charge in [-0.3, -0.25) is 4.72 Å². The molecule has 122 valence electrons. The number of rotatable bonds is 6. The highest BCUT2D eigenvalue weighted by atomic mass is 32.2. The monoisotopic (exact) mass is 359 g/mol. The lowest BCUT2D eigenvalue weighted by Crippen LogP contribution is -2.14. The molecule has 9 heteroatoms. The third-order valence-electron chi connectivity index (χ3n) is 2.74. The van der Waals surface area contributed by atoms with E-state index in [9.17, 15) is 22.0 Å². The van der Waals surface area contributed by atoms with Crippen LogP contribution in [0, 0.1) is 0 Å². The predicted molar refractivity (Wildman–Crippen MR) is 82.5 cm³/mol. The summed E-state index contributed by atoms with van der Waals surface area (Å²) in [5.74, 6) is -3.97. The summed E-state index contributed by atoms with van der Waals surface area (Å²) in [6, 6.07) is 10.5. The third kappa shape index (κ3) is 4.42. The van der Waals surface area contributed by atoms with Crippen molar-refractivity contribution in [3.8, 4) is 0 Å². The third-order valence-corrected chi connectivity index (χ3v) is 4.89. The molecule has 0 unspecified atom stereocenters. The number of sulfonamides is 1. The van der Waals surface area contributed by atoms with Gasteiger partial charge in [-0.25, -0.2) is 13.2 Å². The summed E-state index contributed by atoms with van der Waals surface area (Å²) in [5.41, 5.74) is -0.193. The number of alkyl halides is 2. The number of nitrogens with one attached hydrogen (secondary N) is 1. The topological polar surface area (TPSA) is 83.5 Å². The second-order valence-corrected chi connectivity index (χ2v) is 7.03. The van der Waals surface area contributed by atoms with Crippen LogP contribution in [0.15, 0.2) is 58.3 Å². The minimum absolute atomic E-state index is 0.00136. The molecular weight excluding hydrogens is 348 g/mol. The summed E-state index contributed by atoms with van der Waals surface area (Å²) >= 11 is 0.215. The fourth-order valence-electron chi connectivity index (χ4n) is 1.75. The van der Waals surface area contributed by atoms with Crippen LogP contribution in [0.4, 0.5) is 14.5 Å². The number of hydrogen-bond acceptors (Lipinski definition) is 4. The van der Waals surface area contributed by atoms with Gasteiger partial charge in [-0.15, -0.1) is 0 Å². The lowest BCUT2D eigenvalue weighted by molar-refractivity contribution is 0.0696. The molecule has 5 nitrogen and oxygen atoms in total. The van der Waals surface area contributed by atoms with Crippen LogP contribution in [0.3, 0.4) is 0 Å². The van der Waals surface area contributed by atoms with Crippen LogP contribution in [0.1, 0.15) is 10.4 Å². The van der Waals surface area contributed by atoms with Crippen molar-refractivity contribution in [1.82, 2.24) is 0 Å². The number of aromatic carboxylic acids is 1. The predicted octanol–water partition coefficient (Wildman–Crippen LogP) is 3.50. The number of benzene rings is 2. The van der Waals surface area contributed by atoms with Gasteiger partial charge < -0.3 is 5.11 Å². The summed E-state index contributed by atoms with van der Waals surface area (Å²) in [4.78, 5) is 10.7. The molecule has 0 radical (unpaired) electrons. The Morgan fingerprint density at radius 3 is 2.48 bits per heavy atom. The molecule has 2 aromatic rings. The highest BCUT2D eigenvalue weighted by Crippen LogP contribution is 2.32. The Kier molecular flexibility index (Phi) is 5.22. The second kappa shape index (κ2) is 6.97. The van der Waals surface area contributed by atoms with E-state index < -0.39 is 21.8 Å². The Bertz CT molecular complexity index is 825. The fourth-order valence-corrected chi connectivity index (χ4v) is 3.53. The summed E-state index contributed by atoms with van der Waals surface area (Å²) in [6.07, 6.45) is 0. The van der Waals surface area contributed by atoms with Crippen molar-refractivity contribution >= 4 is 33.4 Å². The van der Waals surface area contributed by atoms with Gasteiger partial charge in [-0.05, 0) is 30.3 Å². The first-order chi connectivity index (χ1) is 10.8. The maximum absolute atomic E-state index is 12.5.